The molecule has 4 rings (SSSR count). The first kappa shape index (κ1) is 21.8. The van der Waals surface area contributed by atoms with Gasteiger partial charge in [0.25, 0.3) is 0 Å². The molecular formula is C24H31N3O3S. The first-order valence-electron chi connectivity index (χ1n) is 11.1. The van der Waals surface area contributed by atoms with Crippen molar-refractivity contribution in [3.8, 4) is 0 Å². The Morgan fingerprint density at radius 3 is 2.48 bits per heavy atom. The summed E-state index contributed by atoms with van der Waals surface area (Å²) < 4.78 is 28.3. The summed E-state index contributed by atoms with van der Waals surface area (Å²) in [4.78, 5) is 16.4. The summed E-state index contributed by atoms with van der Waals surface area (Å²) in [6, 6.07) is 13.1. The van der Waals surface area contributed by atoms with E-state index >= 15 is 0 Å². The van der Waals surface area contributed by atoms with Gasteiger partial charge in [-0.2, -0.15) is 0 Å². The highest BCUT2D eigenvalue weighted by Gasteiger charge is 2.24. The molecule has 1 N–H and O–H groups in total. The van der Waals surface area contributed by atoms with Crippen molar-refractivity contribution in [1.29, 1.82) is 0 Å². The molecule has 0 spiro atoms. The Kier molecular flexibility index (Phi) is 6.34. The Bertz CT molecular complexity index is 1050. The summed E-state index contributed by atoms with van der Waals surface area (Å²) in [6.07, 6.45) is 3.89. The molecule has 31 heavy (non-hydrogen) atoms. The van der Waals surface area contributed by atoms with Crippen LogP contribution in [0.1, 0.15) is 43.7 Å². The number of benzene rings is 2. The molecule has 0 bridgehead atoms. The van der Waals surface area contributed by atoms with E-state index in [1.807, 2.05) is 19.1 Å². The van der Waals surface area contributed by atoms with E-state index in [9.17, 15) is 13.2 Å². The van der Waals surface area contributed by atoms with Crippen LogP contribution < -0.4 is 14.5 Å². The minimum Gasteiger partial charge on any atom is -0.371 e. The maximum absolute atomic E-state index is 12.8. The molecule has 0 radical (unpaired) electrons. The predicted molar refractivity (Wildman–Crippen MR) is 124 cm³/mol. The van der Waals surface area contributed by atoms with E-state index in [1.165, 1.54) is 18.5 Å². The molecule has 6 nitrogen and oxygen atoms in total. The highest BCUT2D eigenvalue weighted by molar-refractivity contribution is 7.89. The van der Waals surface area contributed by atoms with Gasteiger partial charge >= 0.3 is 0 Å². The van der Waals surface area contributed by atoms with E-state index < -0.39 is 10.0 Å². The van der Waals surface area contributed by atoms with Gasteiger partial charge in [-0.15, -0.1) is 0 Å². The van der Waals surface area contributed by atoms with E-state index in [4.69, 9.17) is 0 Å². The van der Waals surface area contributed by atoms with Gasteiger partial charge in [0.2, 0.25) is 15.9 Å². The number of sulfonamides is 1. The molecule has 2 fully saturated rings. The number of rotatable bonds is 6. The molecule has 2 heterocycles. The normalized spacial score (nSPS) is 19.8. The second-order valence-electron chi connectivity index (χ2n) is 8.78. The van der Waals surface area contributed by atoms with Gasteiger partial charge in [-0.3, -0.25) is 4.79 Å². The lowest BCUT2D eigenvalue weighted by Gasteiger charge is -2.32. The summed E-state index contributed by atoms with van der Waals surface area (Å²) in [7, 11) is -3.64. The summed E-state index contributed by atoms with van der Waals surface area (Å²) in [5.41, 5.74) is 3.71. The third-order valence-corrected chi connectivity index (χ3v) is 7.67. The minimum absolute atomic E-state index is 0.0966. The zero-order chi connectivity index (χ0) is 22.0. The number of piperidine rings is 1. The summed E-state index contributed by atoms with van der Waals surface area (Å²) in [5, 5.41) is 0. The Morgan fingerprint density at radius 2 is 1.84 bits per heavy atom. The van der Waals surface area contributed by atoms with E-state index in [-0.39, 0.29) is 17.3 Å². The number of hydrogen-bond acceptors (Lipinski definition) is 4. The van der Waals surface area contributed by atoms with Crippen LogP contribution in [-0.2, 0) is 21.4 Å². The molecular weight excluding hydrogens is 410 g/mol. The number of anilines is 2. The Morgan fingerprint density at radius 1 is 1.06 bits per heavy atom. The third kappa shape index (κ3) is 4.93. The largest absolute Gasteiger partial charge is 0.371 e. The topological polar surface area (TPSA) is 69.7 Å². The monoisotopic (exact) mass is 441 g/mol. The number of hydrogen-bond donors (Lipinski definition) is 1. The van der Waals surface area contributed by atoms with Crippen molar-refractivity contribution in [1.82, 2.24) is 4.72 Å². The zero-order valence-corrected chi connectivity index (χ0v) is 19.1. The van der Waals surface area contributed by atoms with Crippen molar-refractivity contribution in [3.63, 3.8) is 0 Å². The molecule has 7 heteroatoms. The van der Waals surface area contributed by atoms with Gasteiger partial charge in [-0.25, -0.2) is 13.1 Å². The molecule has 166 valence electrons. The van der Waals surface area contributed by atoms with Gasteiger partial charge < -0.3 is 9.80 Å². The Hall–Kier alpha value is -2.38. The standard InChI is InChI=1S/C24H31N3O3S/c1-18-5-3-13-26(17-18)21-9-7-20(8-10-21)16-25-31(29,30)22-11-12-23(19(2)15-22)27-14-4-6-24(27)28/h7-12,15,18,25H,3-6,13-14,16-17H2,1-2H3/t18-/m0/s1. The average Bonchev–Trinajstić information content (AvgIpc) is 3.18. The van der Waals surface area contributed by atoms with Crippen LogP contribution in [0.25, 0.3) is 0 Å². The zero-order valence-electron chi connectivity index (χ0n) is 18.3. The van der Waals surface area contributed by atoms with Crippen molar-refractivity contribution >= 4 is 27.3 Å². The molecule has 0 saturated carbocycles. The lowest BCUT2D eigenvalue weighted by molar-refractivity contribution is -0.117. The molecule has 2 aromatic carbocycles. The second-order valence-corrected chi connectivity index (χ2v) is 10.5. The van der Waals surface area contributed by atoms with Crippen molar-refractivity contribution in [2.24, 2.45) is 5.92 Å². The number of amides is 1. The van der Waals surface area contributed by atoms with Gasteiger partial charge in [0, 0.05) is 44.0 Å². The fourth-order valence-corrected chi connectivity index (χ4v) is 5.61. The second kappa shape index (κ2) is 9.01. The number of nitrogens with one attached hydrogen (secondary N) is 1. The summed E-state index contributed by atoms with van der Waals surface area (Å²) >= 11 is 0. The molecule has 2 aromatic rings. The molecule has 1 atom stereocenters. The van der Waals surface area contributed by atoms with Crippen molar-refractivity contribution in [2.45, 2.75) is 51.0 Å². The van der Waals surface area contributed by atoms with Crippen LogP contribution in [0.2, 0.25) is 0 Å². The summed E-state index contributed by atoms with van der Waals surface area (Å²) in [6.45, 7) is 7.21. The first-order valence-corrected chi connectivity index (χ1v) is 12.6. The van der Waals surface area contributed by atoms with Gasteiger partial charge in [0.1, 0.15) is 0 Å². The molecule has 1 amide bonds. The number of carbonyl (C=O) groups is 1. The van der Waals surface area contributed by atoms with Crippen LogP contribution in [-0.4, -0.2) is 34.0 Å². The van der Waals surface area contributed by atoms with Gasteiger partial charge in [0.05, 0.1) is 4.90 Å². The van der Waals surface area contributed by atoms with Crippen LogP contribution in [0.5, 0.6) is 0 Å². The van der Waals surface area contributed by atoms with Crippen molar-refractivity contribution in [2.75, 3.05) is 29.4 Å². The van der Waals surface area contributed by atoms with E-state index in [0.717, 1.165) is 36.3 Å². The number of nitrogens with zero attached hydrogens (tertiary/aromatic N) is 2. The number of aryl methyl sites for hydroxylation is 1. The number of carbonyl (C=O) groups excluding carboxylic acids is 1. The van der Waals surface area contributed by atoms with Crippen molar-refractivity contribution in [3.05, 3.63) is 53.6 Å². The predicted octanol–water partition coefficient (Wildman–Crippen LogP) is 3.84. The fourth-order valence-electron chi connectivity index (χ4n) is 4.51. The molecule has 0 unspecified atom stereocenters. The third-order valence-electron chi connectivity index (χ3n) is 6.27. The minimum atomic E-state index is -3.64. The summed E-state index contributed by atoms with van der Waals surface area (Å²) in [5.74, 6) is 0.804. The lowest BCUT2D eigenvalue weighted by Crippen LogP contribution is -2.34. The maximum atomic E-state index is 12.8. The van der Waals surface area contributed by atoms with Crippen LogP contribution >= 0.6 is 0 Å². The highest BCUT2D eigenvalue weighted by atomic mass is 32.2. The fraction of sp³-hybridized carbons (Fsp3) is 0.458. The maximum Gasteiger partial charge on any atom is 0.240 e. The van der Waals surface area contributed by atoms with E-state index in [0.29, 0.717) is 18.9 Å². The lowest BCUT2D eigenvalue weighted by atomic mass is 9.99. The van der Waals surface area contributed by atoms with Crippen LogP contribution in [0.3, 0.4) is 0 Å². The van der Waals surface area contributed by atoms with E-state index in [1.54, 1.807) is 23.1 Å². The Labute approximate surface area is 185 Å². The van der Waals surface area contributed by atoms with Crippen LogP contribution in [0.15, 0.2) is 47.4 Å². The molecule has 0 aromatic heterocycles. The molecule has 2 aliphatic heterocycles. The van der Waals surface area contributed by atoms with E-state index in [2.05, 4.69) is 28.7 Å². The molecule has 2 aliphatic rings. The van der Waals surface area contributed by atoms with Crippen LogP contribution in [0, 0.1) is 12.8 Å². The van der Waals surface area contributed by atoms with Crippen LogP contribution in [0.4, 0.5) is 11.4 Å². The smallest absolute Gasteiger partial charge is 0.240 e. The van der Waals surface area contributed by atoms with Gasteiger partial charge in [-0.05, 0) is 73.6 Å². The average molecular weight is 442 g/mol. The highest BCUT2D eigenvalue weighted by Crippen LogP contribution is 2.27. The quantitative estimate of drug-likeness (QED) is 0.740. The Balaban J connectivity index is 1.41. The SMILES string of the molecule is Cc1cc(S(=O)(=O)NCc2ccc(N3CCC[C@H](C)C3)cc2)ccc1N1CCCC1=O. The van der Waals surface area contributed by atoms with Gasteiger partial charge in [-0.1, -0.05) is 19.1 Å². The van der Waals surface area contributed by atoms with Crippen molar-refractivity contribution < 1.29 is 13.2 Å². The molecule has 0 aliphatic carbocycles. The molecule has 2 saturated heterocycles. The first-order chi connectivity index (χ1) is 14.8. The van der Waals surface area contributed by atoms with Gasteiger partial charge in [0.15, 0.2) is 0 Å².